The molecule has 0 saturated carbocycles. The van der Waals surface area contributed by atoms with Crippen LogP contribution in [0.5, 0.6) is 5.75 Å². The molecule has 1 aromatic heterocycles. The average Bonchev–Trinajstić information content (AvgIpc) is 2.84. The van der Waals surface area contributed by atoms with Gasteiger partial charge in [-0.05, 0) is 18.1 Å². The molecule has 3 rings (SSSR count). The minimum atomic E-state index is -1.25. The number of nitrogens with zero attached hydrogens (tertiary/aromatic N) is 2. The highest BCUT2D eigenvalue weighted by atomic mass is 19.2. The number of likely N-dealkylation sites (N-methyl/N-ethyl adjacent to an activating group) is 1. The molecule has 12 heteroatoms. The molecule has 0 saturated heterocycles. The molecule has 1 heterocycles. The third kappa shape index (κ3) is 5.79. The van der Waals surface area contributed by atoms with Crippen LogP contribution in [0.4, 0.5) is 27.6 Å². The van der Waals surface area contributed by atoms with Crippen molar-refractivity contribution in [2.45, 2.75) is 26.4 Å². The van der Waals surface area contributed by atoms with Crippen molar-refractivity contribution < 1.29 is 36.6 Å². The minimum absolute atomic E-state index is 0.0777. The summed E-state index contributed by atoms with van der Waals surface area (Å²) >= 11 is 0. The number of rotatable bonds is 9. The topological polar surface area (TPSA) is 91.6 Å². The molecule has 0 fully saturated rings. The van der Waals surface area contributed by atoms with Crippen molar-refractivity contribution in [3.05, 3.63) is 92.2 Å². The number of hydrogen-bond donors (Lipinski definition) is 2. The lowest BCUT2D eigenvalue weighted by molar-refractivity contribution is 0.0946. The van der Waals surface area contributed by atoms with E-state index >= 15 is 0 Å². The number of aromatic hydroxyl groups is 1. The number of benzene rings is 2. The highest BCUT2D eigenvalue weighted by Crippen LogP contribution is 2.24. The van der Waals surface area contributed by atoms with Gasteiger partial charge < -0.3 is 19.9 Å². The van der Waals surface area contributed by atoms with E-state index in [-0.39, 0.29) is 19.4 Å². The molecular formula is C25H22F5N3O4. The molecule has 0 aliphatic heterocycles. The zero-order valence-electron chi connectivity index (χ0n) is 19.7. The Morgan fingerprint density at radius 1 is 1.05 bits per heavy atom. The quantitative estimate of drug-likeness (QED) is 0.330. The maximum Gasteiger partial charge on any atom is 0.257 e. The Labute approximate surface area is 207 Å². The van der Waals surface area contributed by atoms with Gasteiger partial charge in [0.15, 0.2) is 23.7 Å². The Bertz CT molecular complexity index is 1400. The smallest absolute Gasteiger partial charge is 0.257 e. The Morgan fingerprint density at radius 2 is 1.68 bits per heavy atom. The van der Waals surface area contributed by atoms with Crippen LogP contribution < -0.4 is 15.6 Å². The van der Waals surface area contributed by atoms with Crippen molar-refractivity contribution in [1.29, 1.82) is 0 Å². The molecule has 1 amide bonds. The molecule has 0 unspecified atom stereocenters. The highest BCUT2D eigenvalue weighted by Gasteiger charge is 2.21. The SMILES string of the molecule is CCc1cc(F)c(F)cc1N(C)CCn1cc(C(=O)NCc2c(F)cc(F)cc2F)c(=O)c(O)c1C=O. The van der Waals surface area contributed by atoms with E-state index in [0.717, 1.165) is 22.9 Å². The van der Waals surface area contributed by atoms with Crippen LogP contribution in [0.3, 0.4) is 0 Å². The number of hydrogen-bond acceptors (Lipinski definition) is 5. The molecule has 2 aromatic carbocycles. The Hall–Kier alpha value is -4.22. The summed E-state index contributed by atoms with van der Waals surface area (Å²) in [6, 6.07) is 2.94. The zero-order chi connectivity index (χ0) is 27.4. The number of aldehydes is 1. The maximum absolute atomic E-state index is 13.9. The van der Waals surface area contributed by atoms with Crippen LogP contribution in [0.2, 0.25) is 0 Å². The van der Waals surface area contributed by atoms with Gasteiger partial charge in [0.1, 0.15) is 28.7 Å². The summed E-state index contributed by atoms with van der Waals surface area (Å²) < 4.78 is 69.3. The van der Waals surface area contributed by atoms with Gasteiger partial charge in [0, 0.05) is 62.3 Å². The monoisotopic (exact) mass is 523 g/mol. The van der Waals surface area contributed by atoms with E-state index in [1.165, 1.54) is 0 Å². The van der Waals surface area contributed by atoms with Crippen molar-refractivity contribution >= 4 is 17.9 Å². The minimum Gasteiger partial charge on any atom is -0.503 e. The Kier molecular flexibility index (Phi) is 8.31. The van der Waals surface area contributed by atoms with Crippen molar-refractivity contribution in [3.63, 3.8) is 0 Å². The number of aryl methyl sites for hydroxylation is 1. The molecule has 0 spiro atoms. The van der Waals surface area contributed by atoms with E-state index in [1.807, 2.05) is 0 Å². The van der Waals surface area contributed by atoms with Gasteiger partial charge in [-0.1, -0.05) is 6.92 Å². The van der Waals surface area contributed by atoms with Gasteiger partial charge in [-0.15, -0.1) is 0 Å². The summed E-state index contributed by atoms with van der Waals surface area (Å²) in [5.74, 6) is -7.84. The first-order chi connectivity index (χ1) is 17.5. The lowest BCUT2D eigenvalue weighted by Gasteiger charge is -2.24. The first-order valence-electron chi connectivity index (χ1n) is 11.0. The van der Waals surface area contributed by atoms with Crippen molar-refractivity contribution in [2.24, 2.45) is 0 Å². The van der Waals surface area contributed by atoms with Crippen LogP contribution in [0.25, 0.3) is 0 Å². The first kappa shape index (κ1) is 27.4. The Morgan fingerprint density at radius 3 is 2.27 bits per heavy atom. The number of nitrogens with one attached hydrogen (secondary N) is 1. The van der Waals surface area contributed by atoms with Crippen LogP contribution in [0, 0.1) is 29.1 Å². The van der Waals surface area contributed by atoms with Gasteiger partial charge in [-0.25, -0.2) is 22.0 Å². The first-order valence-corrected chi connectivity index (χ1v) is 11.0. The summed E-state index contributed by atoms with van der Waals surface area (Å²) in [4.78, 5) is 38.2. The predicted molar refractivity (Wildman–Crippen MR) is 124 cm³/mol. The second-order valence-corrected chi connectivity index (χ2v) is 8.12. The predicted octanol–water partition coefficient (Wildman–Crippen LogP) is 3.69. The highest BCUT2D eigenvalue weighted by molar-refractivity contribution is 5.95. The van der Waals surface area contributed by atoms with Gasteiger partial charge in [0.2, 0.25) is 5.43 Å². The normalized spacial score (nSPS) is 10.9. The third-order valence-electron chi connectivity index (χ3n) is 5.77. The zero-order valence-corrected chi connectivity index (χ0v) is 19.7. The summed E-state index contributed by atoms with van der Waals surface area (Å²) in [7, 11) is 1.58. The lowest BCUT2D eigenvalue weighted by atomic mass is 10.1. The number of carbonyl (C=O) groups is 2. The van der Waals surface area contributed by atoms with Crippen LogP contribution in [-0.4, -0.2) is 35.5 Å². The molecule has 196 valence electrons. The number of pyridine rings is 1. The van der Waals surface area contributed by atoms with E-state index < -0.39 is 69.5 Å². The number of halogens is 5. The molecule has 0 aliphatic rings. The molecule has 2 N–H and O–H groups in total. The fourth-order valence-electron chi connectivity index (χ4n) is 3.73. The van der Waals surface area contributed by atoms with E-state index in [1.54, 1.807) is 18.9 Å². The second-order valence-electron chi connectivity index (χ2n) is 8.12. The summed E-state index contributed by atoms with van der Waals surface area (Å²) in [5, 5.41) is 12.4. The third-order valence-corrected chi connectivity index (χ3v) is 5.77. The van der Waals surface area contributed by atoms with Crippen molar-refractivity contribution in [2.75, 3.05) is 18.5 Å². The lowest BCUT2D eigenvalue weighted by Crippen LogP contribution is -2.32. The maximum atomic E-state index is 13.9. The van der Waals surface area contributed by atoms with E-state index in [0.29, 0.717) is 29.8 Å². The fraction of sp³-hybridized carbons (Fsp3) is 0.240. The van der Waals surface area contributed by atoms with E-state index in [9.17, 15) is 41.4 Å². The van der Waals surface area contributed by atoms with Crippen molar-refractivity contribution in [1.82, 2.24) is 9.88 Å². The molecule has 0 radical (unpaired) electrons. The Balaban J connectivity index is 1.86. The van der Waals surface area contributed by atoms with Crippen LogP contribution in [0.15, 0.2) is 35.3 Å². The van der Waals surface area contributed by atoms with Crippen molar-refractivity contribution in [3.8, 4) is 5.75 Å². The van der Waals surface area contributed by atoms with Crippen LogP contribution in [0.1, 0.15) is 38.9 Å². The largest absolute Gasteiger partial charge is 0.503 e. The van der Waals surface area contributed by atoms with Gasteiger partial charge >= 0.3 is 0 Å². The number of amides is 1. The van der Waals surface area contributed by atoms with Gasteiger partial charge in [0.25, 0.3) is 5.91 Å². The fourth-order valence-corrected chi connectivity index (χ4v) is 3.73. The van der Waals surface area contributed by atoms with E-state index in [4.69, 9.17) is 0 Å². The summed E-state index contributed by atoms with van der Waals surface area (Å²) in [6.45, 7) is 1.02. The molecular weight excluding hydrogens is 501 g/mol. The standard InChI is InChI=1S/C25H22F5N3O4/c1-3-13-6-19(29)20(30)9-21(13)32(2)4-5-33-11-16(23(35)24(36)22(33)12-34)25(37)31-10-15-17(27)7-14(26)8-18(15)28/h6-9,11-12,36H,3-5,10H2,1-2H3,(H,31,37). The molecule has 7 nitrogen and oxygen atoms in total. The van der Waals surface area contributed by atoms with E-state index in [2.05, 4.69) is 5.32 Å². The molecule has 37 heavy (non-hydrogen) atoms. The summed E-state index contributed by atoms with van der Waals surface area (Å²) in [6.07, 6.45) is 1.59. The van der Waals surface area contributed by atoms with Gasteiger partial charge in [0.05, 0.1) is 0 Å². The molecule has 3 aromatic rings. The number of aromatic nitrogens is 1. The summed E-state index contributed by atoms with van der Waals surface area (Å²) in [5.41, 5.74) is -2.02. The van der Waals surface area contributed by atoms with Crippen LogP contribution in [-0.2, 0) is 19.5 Å². The molecule has 0 aliphatic carbocycles. The number of anilines is 1. The number of carbonyl (C=O) groups excluding carboxylic acids is 2. The van der Waals surface area contributed by atoms with Crippen LogP contribution >= 0.6 is 0 Å². The van der Waals surface area contributed by atoms with Gasteiger partial charge in [-0.2, -0.15) is 0 Å². The van der Waals surface area contributed by atoms with Gasteiger partial charge in [-0.3, -0.25) is 14.4 Å². The average molecular weight is 523 g/mol. The second kappa shape index (κ2) is 11.2. The molecule has 0 bridgehead atoms. The molecule has 0 atom stereocenters.